The van der Waals surface area contributed by atoms with Crippen LogP contribution in [0, 0.1) is 0 Å². The van der Waals surface area contributed by atoms with Crippen LogP contribution in [0.1, 0.15) is 5.56 Å². The molecule has 0 saturated heterocycles. The van der Waals surface area contributed by atoms with E-state index in [9.17, 15) is 0 Å². The molecule has 0 atom stereocenters. The summed E-state index contributed by atoms with van der Waals surface area (Å²) in [5, 5.41) is 0.641. The van der Waals surface area contributed by atoms with Crippen molar-refractivity contribution in [2.45, 2.75) is 6.54 Å². The van der Waals surface area contributed by atoms with Crippen molar-refractivity contribution in [1.82, 2.24) is 4.98 Å². The first-order chi connectivity index (χ1) is 8.56. The summed E-state index contributed by atoms with van der Waals surface area (Å²) in [6.07, 6.45) is 1.75. The Bertz CT molecular complexity index is 560. The van der Waals surface area contributed by atoms with Gasteiger partial charge in [0, 0.05) is 28.7 Å². The third kappa shape index (κ3) is 3.46. The van der Waals surface area contributed by atoms with E-state index in [0.717, 1.165) is 21.3 Å². The van der Waals surface area contributed by atoms with Gasteiger partial charge in [-0.2, -0.15) is 0 Å². The zero-order valence-electron chi connectivity index (χ0n) is 9.70. The highest BCUT2D eigenvalue weighted by molar-refractivity contribution is 9.10. The molecule has 5 heteroatoms. The van der Waals surface area contributed by atoms with Crippen LogP contribution in [0.3, 0.4) is 0 Å². The predicted molar refractivity (Wildman–Crippen MR) is 83.2 cm³/mol. The number of pyridine rings is 1. The number of anilines is 1. The Morgan fingerprint density at radius 2 is 2.00 bits per heavy atom. The maximum absolute atomic E-state index is 6.18. The monoisotopic (exact) mass is 388 g/mol. The molecule has 0 unspecified atom stereocenters. The van der Waals surface area contributed by atoms with Gasteiger partial charge in [0.2, 0.25) is 0 Å². The fraction of sp³-hybridized carbons (Fsp3) is 0.154. The van der Waals surface area contributed by atoms with E-state index in [0.29, 0.717) is 5.02 Å². The van der Waals surface area contributed by atoms with Crippen molar-refractivity contribution in [3.63, 3.8) is 0 Å². The van der Waals surface area contributed by atoms with Gasteiger partial charge in [-0.15, -0.1) is 0 Å². The lowest BCUT2D eigenvalue weighted by Gasteiger charge is -2.19. The highest BCUT2D eigenvalue weighted by atomic mass is 79.9. The molecule has 1 aromatic heterocycles. The van der Waals surface area contributed by atoms with E-state index in [1.54, 1.807) is 6.20 Å². The van der Waals surface area contributed by atoms with Crippen molar-refractivity contribution < 1.29 is 0 Å². The molecule has 94 valence electrons. The van der Waals surface area contributed by atoms with Crippen molar-refractivity contribution in [1.29, 1.82) is 0 Å². The summed E-state index contributed by atoms with van der Waals surface area (Å²) in [4.78, 5) is 6.36. The lowest BCUT2D eigenvalue weighted by Crippen LogP contribution is -2.18. The summed E-state index contributed by atoms with van der Waals surface area (Å²) in [6, 6.07) is 10.0. The second-order valence-corrected chi connectivity index (χ2v) is 6.18. The highest BCUT2D eigenvalue weighted by Crippen LogP contribution is 2.26. The van der Waals surface area contributed by atoms with Gasteiger partial charge < -0.3 is 4.90 Å². The molecule has 0 amide bonds. The molecule has 0 N–H and O–H groups in total. The fourth-order valence-electron chi connectivity index (χ4n) is 1.67. The van der Waals surface area contributed by atoms with Gasteiger partial charge in [-0.25, -0.2) is 4.98 Å². The minimum Gasteiger partial charge on any atom is -0.354 e. The van der Waals surface area contributed by atoms with Crippen LogP contribution in [0.4, 0.5) is 5.82 Å². The molecule has 0 radical (unpaired) electrons. The SMILES string of the molecule is CN(Cc1cccc(Br)c1)c1ncc(Br)cc1Cl. The van der Waals surface area contributed by atoms with Crippen LogP contribution < -0.4 is 4.90 Å². The number of rotatable bonds is 3. The van der Waals surface area contributed by atoms with Crippen LogP contribution in [-0.2, 0) is 6.54 Å². The van der Waals surface area contributed by atoms with Crippen molar-refractivity contribution in [2.24, 2.45) is 0 Å². The maximum Gasteiger partial charge on any atom is 0.147 e. The first kappa shape index (κ1) is 13.8. The normalized spacial score (nSPS) is 10.4. The number of halogens is 3. The summed E-state index contributed by atoms with van der Waals surface area (Å²) < 4.78 is 1.95. The van der Waals surface area contributed by atoms with Crippen LogP contribution in [0.5, 0.6) is 0 Å². The largest absolute Gasteiger partial charge is 0.354 e. The van der Waals surface area contributed by atoms with Crippen LogP contribution in [0.2, 0.25) is 5.02 Å². The second-order valence-electron chi connectivity index (χ2n) is 3.94. The van der Waals surface area contributed by atoms with E-state index >= 15 is 0 Å². The van der Waals surface area contributed by atoms with Gasteiger partial charge in [0.15, 0.2) is 0 Å². The molecule has 0 aliphatic heterocycles. The minimum atomic E-state index is 0.641. The fourth-order valence-corrected chi connectivity index (χ4v) is 2.89. The molecule has 0 aliphatic carbocycles. The van der Waals surface area contributed by atoms with Gasteiger partial charge in [0.1, 0.15) is 5.82 Å². The zero-order chi connectivity index (χ0) is 13.1. The highest BCUT2D eigenvalue weighted by Gasteiger charge is 2.09. The van der Waals surface area contributed by atoms with Crippen molar-refractivity contribution in [3.05, 3.63) is 56.1 Å². The standard InChI is InChI=1S/C13H11Br2ClN2/c1-18(8-9-3-2-4-10(14)5-9)13-12(16)6-11(15)7-17-13/h2-7H,8H2,1H3. The van der Waals surface area contributed by atoms with Crippen LogP contribution in [-0.4, -0.2) is 12.0 Å². The summed E-state index contributed by atoms with van der Waals surface area (Å²) in [7, 11) is 1.98. The number of aromatic nitrogens is 1. The Labute approximate surface area is 128 Å². The van der Waals surface area contributed by atoms with Crippen molar-refractivity contribution in [2.75, 3.05) is 11.9 Å². The molecule has 18 heavy (non-hydrogen) atoms. The molecule has 0 bridgehead atoms. The van der Waals surface area contributed by atoms with Crippen LogP contribution >= 0.6 is 43.5 Å². The molecule has 0 spiro atoms. The molecule has 2 rings (SSSR count). The summed E-state index contributed by atoms with van der Waals surface area (Å²) in [5.74, 6) is 0.778. The molecule has 2 nitrogen and oxygen atoms in total. The van der Waals surface area contributed by atoms with Gasteiger partial charge in [0.25, 0.3) is 0 Å². The van der Waals surface area contributed by atoms with Gasteiger partial charge in [-0.05, 0) is 39.7 Å². The summed E-state index contributed by atoms with van der Waals surface area (Å²) in [5.41, 5.74) is 1.20. The smallest absolute Gasteiger partial charge is 0.147 e. The number of nitrogens with zero attached hydrogens (tertiary/aromatic N) is 2. The Kier molecular flexibility index (Phi) is 4.65. The zero-order valence-corrected chi connectivity index (χ0v) is 13.6. The molecule has 0 fully saturated rings. The average Bonchev–Trinajstić information content (AvgIpc) is 2.28. The van der Waals surface area contributed by atoms with E-state index in [1.165, 1.54) is 5.56 Å². The van der Waals surface area contributed by atoms with Gasteiger partial charge >= 0.3 is 0 Å². The third-order valence-electron chi connectivity index (χ3n) is 2.46. The number of hydrogen-bond donors (Lipinski definition) is 0. The molecule has 1 heterocycles. The molecule has 0 aliphatic rings. The Balaban J connectivity index is 2.19. The van der Waals surface area contributed by atoms with Gasteiger partial charge in [-0.3, -0.25) is 0 Å². The summed E-state index contributed by atoms with van der Waals surface area (Å²) in [6.45, 7) is 0.758. The minimum absolute atomic E-state index is 0.641. The van der Waals surface area contributed by atoms with E-state index in [1.807, 2.05) is 30.1 Å². The van der Waals surface area contributed by atoms with Gasteiger partial charge in [-0.1, -0.05) is 39.7 Å². The number of benzene rings is 1. The average molecular weight is 391 g/mol. The molecule has 0 saturated carbocycles. The Morgan fingerprint density at radius 3 is 2.67 bits per heavy atom. The molecule has 1 aromatic carbocycles. The third-order valence-corrected chi connectivity index (χ3v) is 3.66. The van der Waals surface area contributed by atoms with E-state index in [4.69, 9.17) is 11.6 Å². The molecular weight excluding hydrogens is 379 g/mol. The first-order valence-electron chi connectivity index (χ1n) is 5.33. The van der Waals surface area contributed by atoms with Crippen molar-refractivity contribution >= 4 is 49.3 Å². The number of hydrogen-bond acceptors (Lipinski definition) is 2. The van der Waals surface area contributed by atoms with Crippen molar-refractivity contribution in [3.8, 4) is 0 Å². The quantitative estimate of drug-likeness (QED) is 0.741. The van der Waals surface area contributed by atoms with E-state index in [-0.39, 0.29) is 0 Å². The lowest BCUT2D eigenvalue weighted by atomic mass is 10.2. The maximum atomic E-state index is 6.18. The second kappa shape index (κ2) is 6.04. The van der Waals surface area contributed by atoms with Gasteiger partial charge in [0.05, 0.1) is 5.02 Å². The lowest BCUT2D eigenvalue weighted by molar-refractivity contribution is 0.897. The molecule has 2 aromatic rings. The topological polar surface area (TPSA) is 16.1 Å². The van der Waals surface area contributed by atoms with Crippen LogP contribution in [0.15, 0.2) is 45.5 Å². The summed E-state index contributed by atoms with van der Waals surface area (Å²) >= 11 is 13.0. The predicted octanol–water partition coefficient (Wildman–Crippen LogP) is 4.90. The first-order valence-corrected chi connectivity index (χ1v) is 7.29. The Hall–Kier alpha value is -0.580. The van der Waals surface area contributed by atoms with Crippen LogP contribution in [0.25, 0.3) is 0 Å². The van der Waals surface area contributed by atoms with E-state index in [2.05, 4.69) is 49.0 Å². The Morgan fingerprint density at radius 1 is 1.22 bits per heavy atom. The van der Waals surface area contributed by atoms with E-state index < -0.39 is 0 Å². The molecular formula is C13H11Br2ClN2.